The summed E-state index contributed by atoms with van der Waals surface area (Å²) in [6.07, 6.45) is 0. The SMILES string of the molecule is COCCN(Nc1cccc(C(=N)N)c1)C(=O)Nc1ccc(-c2ccccc2S(N)(=O)=O)cc1. The van der Waals surface area contributed by atoms with Crippen LogP contribution in [0.15, 0.2) is 77.7 Å². The summed E-state index contributed by atoms with van der Waals surface area (Å²) >= 11 is 0. The number of rotatable bonds is 9. The fourth-order valence-corrected chi connectivity index (χ4v) is 3.94. The highest BCUT2D eigenvalue weighted by Crippen LogP contribution is 2.27. The molecule has 10 nitrogen and oxygen atoms in total. The van der Waals surface area contributed by atoms with Crippen molar-refractivity contribution >= 4 is 33.3 Å². The number of hydrazine groups is 1. The molecule has 0 bridgehead atoms. The van der Waals surface area contributed by atoms with E-state index >= 15 is 0 Å². The number of benzene rings is 3. The molecule has 3 rings (SSSR count). The Balaban J connectivity index is 1.77. The maximum atomic E-state index is 12.9. The summed E-state index contributed by atoms with van der Waals surface area (Å²) in [5, 5.41) is 17.0. The van der Waals surface area contributed by atoms with Gasteiger partial charge in [0, 0.05) is 23.9 Å². The molecule has 7 N–H and O–H groups in total. The lowest BCUT2D eigenvalue weighted by Gasteiger charge is -2.25. The molecule has 34 heavy (non-hydrogen) atoms. The standard InChI is InChI=1S/C23H26N6O4S/c1-33-14-13-29(28-19-6-4-5-17(15-19)22(24)25)23(30)27-18-11-9-16(10-12-18)20-7-2-3-8-21(20)34(26,31)32/h2-12,15,28H,13-14H2,1H3,(H3,24,25)(H,27,30)(H2,26,31,32). The molecule has 0 fully saturated rings. The molecule has 11 heteroatoms. The van der Waals surface area contributed by atoms with Crippen LogP contribution in [0.1, 0.15) is 5.56 Å². The molecule has 2 amide bonds. The number of sulfonamides is 1. The molecule has 0 saturated heterocycles. The smallest absolute Gasteiger partial charge is 0.340 e. The zero-order valence-electron chi connectivity index (χ0n) is 18.5. The number of urea groups is 1. The van der Waals surface area contributed by atoms with Crippen molar-refractivity contribution in [3.8, 4) is 11.1 Å². The third-order valence-corrected chi connectivity index (χ3v) is 5.81. The quantitative estimate of drug-likeness (QED) is 0.179. The van der Waals surface area contributed by atoms with Gasteiger partial charge in [-0.05, 0) is 35.9 Å². The van der Waals surface area contributed by atoms with Crippen LogP contribution in [0.3, 0.4) is 0 Å². The number of anilines is 2. The van der Waals surface area contributed by atoms with Crippen molar-refractivity contribution in [2.75, 3.05) is 31.0 Å². The first-order valence-electron chi connectivity index (χ1n) is 10.2. The zero-order valence-corrected chi connectivity index (χ0v) is 19.3. The number of nitrogens with one attached hydrogen (secondary N) is 3. The summed E-state index contributed by atoms with van der Waals surface area (Å²) in [7, 11) is -2.35. The third-order valence-electron chi connectivity index (χ3n) is 4.84. The van der Waals surface area contributed by atoms with Gasteiger partial charge in [0.2, 0.25) is 10.0 Å². The maximum Gasteiger partial charge on any atom is 0.340 e. The Hall–Kier alpha value is -3.93. The Morgan fingerprint density at radius 1 is 1.03 bits per heavy atom. The molecule has 0 heterocycles. The van der Waals surface area contributed by atoms with E-state index in [0.29, 0.717) is 28.1 Å². The molecule has 0 aromatic heterocycles. The molecule has 0 saturated carbocycles. The predicted octanol–water partition coefficient (Wildman–Crippen LogP) is 2.79. The lowest BCUT2D eigenvalue weighted by Crippen LogP contribution is -2.41. The second kappa shape index (κ2) is 10.8. The van der Waals surface area contributed by atoms with Gasteiger partial charge in [-0.25, -0.2) is 23.4 Å². The van der Waals surface area contributed by atoms with E-state index in [4.69, 9.17) is 21.0 Å². The highest BCUT2D eigenvalue weighted by molar-refractivity contribution is 7.89. The van der Waals surface area contributed by atoms with Gasteiger partial charge in [0.15, 0.2) is 0 Å². The van der Waals surface area contributed by atoms with Crippen molar-refractivity contribution in [3.63, 3.8) is 0 Å². The summed E-state index contributed by atoms with van der Waals surface area (Å²) in [4.78, 5) is 12.9. The highest BCUT2D eigenvalue weighted by atomic mass is 32.2. The number of nitrogens with two attached hydrogens (primary N) is 2. The number of methoxy groups -OCH3 is 1. The normalized spacial score (nSPS) is 11.0. The van der Waals surface area contributed by atoms with E-state index in [1.54, 1.807) is 66.7 Å². The average molecular weight is 483 g/mol. The number of amidine groups is 1. The second-order valence-electron chi connectivity index (χ2n) is 7.30. The Bertz CT molecular complexity index is 1280. The van der Waals surface area contributed by atoms with Crippen LogP contribution in [0.2, 0.25) is 0 Å². The summed E-state index contributed by atoms with van der Waals surface area (Å²) in [5.74, 6) is -0.0827. The zero-order chi connectivity index (χ0) is 24.7. The molecular weight excluding hydrogens is 456 g/mol. The van der Waals surface area contributed by atoms with Crippen molar-refractivity contribution in [2.45, 2.75) is 4.90 Å². The number of primary sulfonamides is 1. The summed E-state index contributed by atoms with van der Waals surface area (Å²) in [6.45, 7) is 0.530. The van der Waals surface area contributed by atoms with E-state index in [2.05, 4.69) is 10.7 Å². The second-order valence-corrected chi connectivity index (χ2v) is 8.83. The van der Waals surface area contributed by atoms with Crippen molar-refractivity contribution < 1.29 is 17.9 Å². The van der Waals surface area contributed by atoms with Gasteiger partial charge in [0.1, 0.15) is 5.84 Å². The molecule has 178 valence electrons. The predicted molar refractivity (Wildman–Crippen MR) is 132 cm³/mol. The van der Waals surface area contributed by atoms with Crippen molar-refractivity contribution in [3.05, 3.63) is 78.4 Å². The Morgan fingerprint density at radius 2 is 1.74 bits per heavy atom. The fourth-order valence-electron chi connectivity index (χ4n) is 3.18. The number of amides is 2. The lowest BCUT2D eigenvalue weighted by molar-refractivity contribution is 0.164. The minimum Gasteiger partial charge on any atom is -0.384 e. The largest absolute Gasteiger partial charge is 0.384 e. The van der Waals surface area contributed by atoms with E-state index < -0.39 is 16.1 Å². The molecule has 0 radical (unpaired) electrons. The Labute approximate surface area is 198 Å². The maximum absolute atomic E-state index is 12.9. The number of hydrogen-bond acceptors (Lipinski definition) is 6. The van der Waals surface area contributed by atoms with Gasteiger partial charge >= 0.3 is 6.03 Å². The summed E-state index contributed by atoms with van der Waals surface area (Å²) in [6, 6.07) is 19.5. The minimum absolute atomic E-state index is 0.0227. The average Bonchev–Trinajstić information content (AvgIpc) is 2.82. The van der Waals surface area contributed by atoms with Crippen molar-refractivity contribution in [1.29, 1.82) is 5.41 Å². The molecule has 0 aliphatic carbocycles. The van der Waals surface area contributed by atoms with E-state index in [-0.39, 0.29) is 23.9 Å². The van der Waals surface area contributed by atoms with E-state index in [9.17, 15) is 13.2 Å². The molecule has 0 spiro atoms. The van der Waals surface area contributed by atoms with E-state index in [0.717, 1.165) is 0 Å². The highest BCUT2D eigenvalue weighted by Gasteiger charge is 2.16. The fraction of sp³-hybridized carbons (Fsp3) is 0.130. The van der Waals surface area contributed by atoms with Crippen LogP contribution >= 0.6 is 0 Å². The Kier molecular flexibility index (Phi) is 7.84. The number of carbonyl (C=O) groups excluding carboxylic acids is 1. The molecule has 0 aliphatic rings. The monoisotopic (exact) mass is 482 g/mol. The third kappa shape index (κ3) is 6.32. The van der Waals surface area contributed by atoms with Gasteiger partial charge < -0.3 is 15.8 Å². The first-order chi connectivity index (χ1) is 16.2. The van der Waals surface area contributed by atoms with Crippen molar-refractivity contribution in [1.82, 2.24) is 5.01 Å². The van der Waals surface area contributed by atoms with Crippen molar-refractivity contribution in [2.24, 2.45) is 10.9 Å². The number of ether oxygens (including phenoxy) is 1. The Morgan fingerprint density at radius 3 is 2.38 bits per heavy atom. The summed E-state index contributed by atoms with van der Waals surface area (Å²) < 4.78 is 28.9. The van der Waals surface area contributed by atoms with Gasteiger partial charge in [-0.2, -0.15) is 0 Å². The molecular formula is C23H26N6O4S. The van der Waals surface area contributed by atoms with Gasteiger partial charge in [-0.3, -0.25) is 10.8 Å². The number of nitrogens with zero attached hydrogens (tertiary/aromatic N) is 1. The van der Waals surface area contributed by atoms with Gasteiger partial charge in [0.25, 0.3) is 0 Å². The summed E-state index contributed by atoms with van der Waals surface area (Å²) in [5.41, 5.74) is 11.3. The van der Waals surface area contributed by atoms with Crippen LogP contribution in [0.4, 0.5) is 16.2 Å². The van der Waals surface area contributed by atoms with Crippen LogP contribution in [0.5, 0.6) is 0 Å². The van der Waals surface area contributed by atoms with Crippen LogP contribution in [0.25, 0.3) is 11.1 Å². The minimum atomic E-state index is -3.89. The molecule has 0 atom stereocenters. The molecule has 3 aromatic carbocycles. The van der Waals surface area contributed by atoms with Gasteiger partial charge in [0.05, 0.1) is 23.7 Å². The van der Waals surface area contributed by atoms with Gasteiger partial charge in [-0.15, -0.1) is 0 Å². The van der Waals surface area contributed by atoms with Gasteiger partial charge in [-0.1, -0.05) is 42.5 Å². The first kappa shape index (κ1) is 24.7. The van der Waals surface area contributed by atoms with E-state index in [1.165, 1.54) is 18.2 Å². The van der Waals surface area contributed by atoms with Crippen LogP contribution < -0.4 is 21.6 Å². The molecule has 0 unspecified atom stereocenters. The van der Waals surface area contributed by atoms with E-state index in [1.807, 2.05) is 0 Å². The molecule has 3 aromatic rings. The van der Waals surface area contributed by atoms with Crippen LogP contribution in [-0.2, 0) is 14.8 Å². The van der Waals surface area contributed by atoms with Crippen LogP contribution in [-0.4, -0.2) is 45.6 Å². The van der Waals surface area contributed by atoms with Crippen LogP contribution in [0, 0.1) is 5.41 Å². The topological polar surface area (TPSA) is 164 Å². The number of nitrogen functional groups attached to an aromatic ring is 1. The molecule has 0 aliphatic heterocycles. The lowest BCUT2D eigenvalue weighted by atomic mass is 10.1. The number of hydrogen-bond donors (Lipinski definition) is 5. The first-order valence-corrected chi connectivity index (χ1v) is 11.7. The number of carbonyl (C=O) groups is 1.